The molecule has 1 N–H and O–H groups in total. The van der Waals surface area contributed by atoms with Crippen LogP contribution in [-0.2, 0) is 4.84 Å². The quantitative estimate of drug-likeness (QED) is 0.406. The monoisotopic (exact) mass is 324 g/mol. The summed E-state index contributed by atoms with van der Waals surface area (Å²) in [6, 6.07) is 14.7. The van der Waals surface area contributed by atoms with Crippen LogP contribution in [0, 0.1) is 0 Å². The van der Waals surface area contributed by atoms with Gasteiger partial charge < -0.3 is 4.90 Å². The van der Waals surface area contributed by atoms with Crippen LogP contribution in [0.1, 0.15) is 25.0 Å². The Kier molecular flexibility index (Phi) is 5.40. The van der Waals surface area contributed by atoms with Crippen molar-refractivity contribution in [2.75, 3.05) is 18.4 Å². The van der Waals surface area contributed by atoms with E-state index in [-0.39, 0.29) is 0 Å². The minimum atomic E-state index is -0.619. The summed E-state index contributed by atoms with van der Waals surface area (Å²) in [5.74, 6) is 0.596. The molecular formula is C18H20N4O2. The number of aromatic nitrogens is 1. The smallest absolute Gasteiger partial charge is 0.352 e. The third-order valence-electron chi connectivity index (χ3n) is 3.78. The number of nitrogens with one attached hydrogen (secondary N) is 1. The van der Waals surface area contributed by atoms with Gasteiger partial charge in [0.1, 0.15) is 5.69 Å². The van der Waals surface area contributed by atoms with Gasteiger partial charge >= 0.3 is 6.09 Å². The lowest BCUT2D eigenvalue weighted by atomic mass is 10.1. The van der Waals surface area contributed by atoms with E-state index in [0.29, 0.717) is 17.2 Å². The van der Waals surface area contributed by atoms with Gasteiger partial charge in [-0.25, -0.2) is 4.79 Å². The van der Waals surface area contributed by atoms with E-state index in [2.05, 4.69) is 20.4 Å². The molecule has 1 aromatic carbocycles. The molecule has 124 valence electrons. The number of oxime groups is 1. The molecule has 0 atom stereocenters. The van der Waals surface area contributed by atoms with Crippen molar-refractivity contribution in [3.8, 4) is 0 Å². The lowest BCUT2D eigenvalue weighted by Crippen LogP contribution is -2.37. The lowest BCUT2D eigenvalue weighted by molar-refractivity contribution is 0.163. The molecule has 1 aliphatic heterocycles. The number of hydrogen-bond donors (Lipinski definition) is 1. The van der Waals surface area contributed by atoms with Crippen molar-refractivity contribution in [1.29, 1.82) is 0 Å². The molecule has 3 rings (SSSR count). The van der Waals surface area contributed by atoms with E-state index in [4.69, 9.17) is 4.84 Å². The summed E-state index contributed by atoms with van der Waals surface area (Å²) in [6.07, 6.45) is 4.50. The van der Waals surface area contributed by atoms with Gasteiger partial charge in [-0.1, -0.05) is 29.4 Å². The molecular weight excluding hydrogens is 304 g/mol. The first kappa shape index (κ1) is 16.0. The van der Waals surface area contributed by atoms with Crippen molar-refractivity contribution in [2.45, 2.75) is 19.3 Å². The predicted molar refractivity (Wildman–Crippen MR) is 92.7 cm³/mol. The van der Waals surface area contributed by atoms with Gasteiger partial charge in [-0.3, -0.25) is 15.1 Å². The number of para-hydroxylation sites is 1. The second-order valence-electron chi connectivity index (χ2n) is 5.55. The SMILES string of the molecule is O=C(Nc1ccccc1)O/N=C(/c1ccccn1)N1CCCCC1. The largest absolute Gasteiger partial charge is 0.437 e. The van der Waals surface area contributed by atoms with Crippen LogP contribution < -0.4 is 5.32 Å². The van der Waals surface area contributed by atoms with Crippen LogP contribution in [0.15, 0.2) is 59.9 Å². The fourth-order valence-electron chi connectivity index (χ4n) is 2.61. The van der Waals surface area contributed by atoms with Crippen LogP contribution in [0.2, 0.25) is 0 Å². The minimum absolute atomic E-state index is 0.596. The Morgan fingerprint density at radius 3 is 2.50 bits per heavy atom. The molecule has 24 heavy (non-hydrogen) atoms. The lowest BCUT2D eigenvalue weighted by Gasteiger charge is -2.28. The summed E-state index contributed by atoms with van der Waals surface area (Å²) < 4.78 is 0. The molecule has 0 unspecified atom stereocenters. The van der Waals surface area contributed by atoms with Crippen LogP contribution in [0.5, 0.6) is 0 Å². The summed E-state index contributed by atoms with van der Waals surface area (Å²) >= 11 is 0. The number of amidine groups is 1. The number of likely N-dealkylation sites (tertiary alicyclic amines) is 1. The number of carbonyl (C=O) groups is 1. The van der Waals surface area contributed by atoms with Crippen LogP contribution in [0.3, 0.4) is 0 Å². The summed E-state index contributed by atoms with van der Waals surface area (Å²) in [5, 5.41) is 6.73. The van der Waals surface area contributed by atoms with E-state index >= 15 is 0 Å². The Morgan fingerprint density at radius 1 is 1.04 bits per heavy atom. The van der Waals surface area contributed by atoms with E-state index in [1.54, 1.807) is 18.3 Å². The minimum Gasteiger partial charge on any atom is -0.352 e. The summed E-state index contributed by atoms with van der Waals surface area (Å²) in [6.45, 7) is 1.78. The number of nitrogens with zero attached hydrogens (tertiary/aromatic N) is 3. The van der Waals surface area contributed by atoms with Gasteiger partial charge in [0.2, 0.25) is 0 Å². The fraction of sp³-hybridized carbons (Fsp3) is 0.278. The maximum atomic E-state index is 12.0. The summed E-state index contributed by atoms with van der Waals surface area (Å²) in [4.78, 5) is 23.5. The predicted octanol–water partition coefficient (Wildman–Crippen LogP) is 3.48. The molecule has 2 heterocycles. The average molecular weight is 324 g/mol. The number of pyridine rings is 1. The third-order valence-corrected chi connectivity index (χ3v) is 3.78. The Balaban J connectivity index is 1.72. The number of amides is 1. The second kappa shape index (κ2) is 8.10. The van der Waals surface area contributed by atoms with E-state index in [1.165, 1.54) is 6.42 Å². The molecule has 0 radical (unpaired) electrons. The van der Waals surface area contributed by atoms with E-state index in [9.17, 15) is 4.79 Å². The van der Waals surface area contributed by atoms with Crippen molar-refractivity contribution in [3.05, 3.63) is 60.4 Å². The zero-order valence-corrected chi connectivity index (χ0v) is 13.4. The first-order chi connectivity index (χ1) is 11.8. The Labute approximate surface area is 141 Å². The van der Waals surface area contributed by atoms with E-state index in [1.807, 2.05) is 36.4 Å². The molecule has 6 nitrogen and oxygen atoms in total. The highest BCUT2D eigenvalue weighted by Crippen LogP contribution is 2.13. The topological polar surface area (TPSA) is 66.8 Å². The molecule has 1 saturated heterocycles. The van der Waals surface area contributed by atoms with Crippen molar-refractivity contribution in [1.82, 2.24) is 9.88 Å². The number of benzene rings is 1. The highest BCUT2D eigenvalue weighted by atomic mass is 16.7. The average Bonchev–Trinajstić information content (AvgIpc) is 2.64. The van der Waals surface area contributed by atoms with Crippen molar-refractivity contribution < 1.29 is 9.63 Å². The summed E-state index contributed by atoms with van der Waals surface area (Å²) in [7, 11) is 0. The number of rotatable bonds is 3. The van der Waals surface area contributed by atoms with Gasteiger partial charge in [-0.2, -0.15) is 0 Å². The number of hydrogen-bond acceptors (Lipinski definition) is 4. The van der Waals surface area contributed by atoms with Crippen LogP contribution >= 0.6 is 0 Å². The molecule has 1 aliphatic rings. The molecule has 6 heteroatoms. The Hall–Kier alpha value is -2.89. The van der Waals surface area contributed by atoms with Crippen LogP contribution in [-0.4, -0.2) is 34.9 Å². The first-order valence-electron chi connectivity index (χ1n) is 8.10. The fourth-order valence-corrected chi connectivity index (χ4v) is 2.61. The molecule has 0 spiro atoms. The van der Waals surface area contributed by atoms with E-state index in [0.717, 1.165) is 25.9 Å². The van der Waals surface area contributed by atoms with Crippen molar-refractivity contribution in [3.63, 3.8) is 0 Å². The molecule has 0 aliphatic carbocycles. The number of piperidine rings is 1. The van der Waals surface area contributed by atoms with Gasteiger partial charge in [-0.05, 0) is 43.5 Å². The first-order valence-corrected chi connectivity index (χ1v) is 8.10. The maximum Gasteiger partial charge on any atom is 0.437 e. The molecule has 1 aromatic heterocycles. The zero-order chi connectivity index (χ0) is 16.6. The Morgan fingerprint density at radius 2 is 1.79 bits per heavy atom. The molecule has 0 saturated carbocycles. The molecule has 2 aromatic rings. The molecule has 1 fully saturated rings. The third kappa shape index (κ3) is 4.32. The standard InChI is InChI=1S/C18H20N4O2/c23-18(20-15-9-3-1-4-10-15)24-21-17(16-11-5-6-12-19-16)22-13-7-2-8-14-22/h1,3-6,9-12H,2,7-8,13-14H2,(H,20,23)/b21-17-. The highest BCUT2D eigenvalue weighted by molar-refractivity contribution is 5.97. The summed E-state index contributed by atoms with van der Waals surface area (Å²) in [5.41, 5.74) is 1.36. The van der Waals surface area contributed by atoms with Gasteiger partial charge in [-0.15, -0.1) is 0 Å². The van der Waals surface area contributed by atoms with Gasteiger partial charge in [0, 0.05) is 25.0 Å². The molecule has 1 amide bonds. The Bertz CT molecular complexity index is 683. The molecule has 0 bridgehead atoms. The normalized spacial score (nSPS) is 15.0. The van der Waals surface area contributed by atoms with Gasteiger partial charge in [0.15, 0.2) is 5.84 Å². The number of carbonyl (C=O) groups excluding carboxylic acids is 1. The van der Waals surface area contributed by atoms with Crippen molar-refractivity contribution >= 4 is 17.6 Å². The zero-order valence-electron chi connectivity index (χ0n) is 13.4. The number of anilines is 1. The van der Waals surface area contributed by atoms with Crippen LogP contribution in [0.4, 0.5) is 10.5 Å². The van der Waals surface area contributed by atoms with Crippen molar-refractivity contribution in [2.24, 2.45) is 5.16 Å². The van der Waals surface area contributed by atoms with Crippen LogP contribution in [0.25, 0.3) is 0 Å². The van der Waals surface area contributed by atoms with Gasteiger partial charge in [0.05, 0.1) is 0 Å². The maximum absolute atomic E-state index is 12.0. The highest BCUT2D eigenvalue weighted by Gasteiger charge is 2.19. The second-order valence-corrected chi connectivity index (χ2v) is 5.55. The van der Waals surface area contributed by atoms with E-state index < -0.39 is 6.09 Å². The van der Waals surface area contributed by atoms with Gasteiger partial charge in [0.25, 0.3) is 0 Å².